The Hall–Kier alpha value is -3.26. The number of carboxylic acid groups (broad SMARTS) is 2. The topological polar surface area (TPSA) is 251 Å². The second-order valence-electron chi connectivity index (χ2n) is 8.04. The largest absolute Gasteiger partial charge is 0.481 e. The first-order valence-corrected chi connectivity index (χ1v) is 10.8. The lowest BCUT2D eigenvalue weighted by Crippen LogP contribution is -2.59. The number of amides is 4. The van der Waals surface area contributed by atoms with Gasteiger partial charge in [-0.2, -0.15) is 0 Å². The molecule has 0 aliphatic carbocycles. The monoisotopic (exact) mass is 489 g/mol. The van der Waals surface area contributed by atoms with E-state index >= 15 is 0 Å². The minimum atomic E-state index is -1.62. The van der Waals surface area contributed by atoms with Crippen LogP contribution in [-0.2, 0) is 28.8 Å². The summed E-state index contributed by atoms with van der Waals surface area (Å²) in [6, 6.07) is -5.44. The van der Waals surface area contributed by atoms with Gasteiger partial charge in [-0.15, -0.1) is 0 Å². The summed E-state index contributed by atoms with van der Waals surface area (Å²) in [7, 11) is 0. The van der Waals surface area contributed by atoms with Gasteiger partial charge in [-0.1, -0.05) is 20.3 Å². The molecule has 6 unspecified atom stereocenters. The smallest absolute Gasteiger partial charge is 0.328 e. The van der Waals surface area contributed by atoms with Crippen molar-refractivity contribution in [2.75, 3.05) is 0 Å². The Morgan fingerprint density at radius 1 is 0.824 bits per heavy atom. The number of aliphatic hydroxyl groups excluding tert-OH is 1. The molecule has 0 radical (unpaired) electrons. The quantitative estimate of drug-likeness (QED) is 0.112. The van der Waals surface area contributed by atoms with Gasteiger partial charge in [0, 0.05) is 12.8 Å². The maximum atomic E-state index is 12.9. The van der Waals surface area contributed by atoms with Crippen LogP contribution < -0.4 is 27.4 Å². The van der Waals surface area contributed by atoms with E-state index in [1.54, 1.807) is 13.8 Å². The van der Waals surface area contributed by atoms with E-state index in [0.717, 1.165) is 0 Å². The molecule has 0 spiro atoms. The van der Waals surface area contributed by atoms with Crippen LogP contribution in [0.4, 0.5) is 0 Å². The van der Waals surface area contributed by atoms with Crippen molar-refractivity contribution in [1.82, 2.24) is 16.0 Å². The molecule has 0 saturated heterocycles. The number of carbonyl (C=O) groups excluding carboxylic acids is 4. The van der Waals surface area contributed by atoms with Gasteiger partial charge in [0.2, 0.25) is 23.6 Å². The maximum absolute atomic E-state index is 12.9. The number of carboxylic acids is 2. The van der Waals surface area contributed by atoms with Crippen LogP contribution in [0.1, 0.15) is 52.9 Å². The van der Waals surface area contributed by atoms with E-state index in [1.165, 1.54) is 6.92 Å². The molecule has 0 aliphatic rings. The Balaban J connectivity index is 5.59. The Morgan fingerprint density at radius 3 is 1.82 bits per heavy atom. The Morgan fingerprint density at radius 2 is 1.38 bits per heavy atom. The summed E-state index contributed by atoms with van der Waals surface area (Å²) in [5.74, 6) is -6.46. The van der Waals surface area contributed by atoms with Crippen LogP contribution in [0.25, 0.3) is 0 Å². The summed E-state index contributed by atoms with van der Waals surface area (Å²) in [5, 5.41) is 34.7. The molecule has 0 bridgehead atoms. The molecule has 0 aromatic rings. The van der Waals surface area contributed by atoms with E-state index < -0.39 is 78.2 Å². The van der Waals surface area contributed by atoms with Gasteiger partial charge in [0.1, 0.15) is 12.1 Å². The lowest BCUT2D eigenvalue weighted by Gasteiger charge is -2.28. The molecule has 0 aromatic heterocycles. The average molecular weight is 490 g/mol. The standard InChI is InChI=1S/C20H35N5O9/c1-4-9(2)15(19(32)25-16(10(3)26)20(33)34)24-18(31)12(6-8-14(28)29)23-17(30)11(21)5-7-13(22)27/h9-12,15-16,26H,4-8,21H2,1-3H3,(H2,22,27)(H,23,30)(H,24,31)(H,25,32)(H,28,29)(H,33,34). The number of nitrogens with two attached hydrogens (primary N) is 2. The van der Waals surface area contributed by atoms with Crippen LogP contribution in [0.3, 0.4) is 0 Å². The molecule has 10 N–H and O–H groups in total. The van der Waals surface area contributed by atoms with E-state index in [9.17, 15) is 39.0 Å². The zero-order valence-corrected chi connectivity index (χ0v) is 19.4. The van der Waals surface area contributed by atoms with Gasteiger partial charge in [0.05, 0.1) is 12.1 Å². The third kappa shape index (κ3) is 11.0. The second kappa shape index (κ2) is 14.8. The van der Waals surface area contributed by atoms with Gasteiger partial charge in [-0.05, 0) is 25.7 Å². The molecule has 0 rings (SSSR count). The van der Waals surface area contributed by atoms with Crippen LogP contribution in [0, 0.1) is 5.92 Å². The number of aliphatic hydroxyl groups is 1. The highest BCUT2D eigenvalue weighted by molar-refractivity contribution is 5.94. The summed E-state index contributed by atoms with van der Waals surface area (Å²) < 4.78 is 0. The van der Waals surface area contributed by atoms with Crippen molar-refractivity contribution >= 4 is 35.6 Å². The van der Waals surface area contributed by atoms with E-state index in [-0.39, 0.29) is 19.3 Å². The van der Waals surface area contributed by atoms with Crippen molar-refractivity contribution in [3.05, 3.63) is 0 Å². The summed E-state index contributed by atoms with van der Waals surface area (Å²) in [6.07, 6.45) is -2.10. The number of nitrogens with one attached hydrogen (secondary N) is 3. The van der Waals surface area contributed by atoms with Crippen molar-refractivity contribution in [3.63, 3.8) is 0 Å². The Labute approximate surface area is 196 Å². The predicted octanol–water partition coefficient (Wildman–Crippen LogP) is -2.59. The predicted molar refractivity (Wildman–Crippen MR) is 118 cm³/mol. The molecule has 14 nitrogen and oxygen atoms in total. The van der Waals surface area contributed by atoms with Gasteiger partial charge < -0.3 is 42.7 Å². The van der Waals surface area contributed by atoms with Crippen molar-refractivity contribution in [2.45, 2.75) is 83.1 Å². The number of hydrogen-bond acceptors (Lipinski definition) is 8. The molecule has 4 amide bonds. The summed E-state index contributed by atoms with van der Waals surface area (Å²) >= 11 is 0. The van der Waals surface area contributed by atoms with E-state index in [0.29, 0.717) is 6.42 Å². The summed E-state index contributed by atoms with van der Waals surface area (Å²) in [6.45, 7) is 4.52. The SMILES string of the molecule is CCC(C)C(NC(=O)C(CCC(=O)O)NC(=O)C(N)CCC(N)=O)C(=O)NC(C(=O)O)C(C)O. The van der Waals surface area contributed by atoms with Crippen molar-refractivity contribution in [1.29, 1.82) is 0 Å². The highest BCUT2D eigenvalue weighted by Gasteiger charge is 2.34. The van der Waals surface area contributed by atoms with E-state index in [4.69, 9.17) is 16.6 Å². The van der Waals surface area contributed by atoms with Crippen LogP contribution in [-0.4, -0.2) is 81.2 Å². The Kier molecular flexibility index (Phi) is 13.4. The molecule has 194 valence electrons. The molecular weight excluding hydrogens is 454 g/mol. The first-order chi connectivity index (χ1) is 15.7. The third-order valence-electron chi connectivity index (χ3n) is 5.16. The molecule has 6 atom stereocenters. The molecule has 0 aromatic carbocycles. The van der Waals surface area contributed by atoms with Gasteiger partial charge in [0.25, 0.3) is 0 Å². The Bertz CT molecular complexity index is 759. The number of aliphatic carboxylic acids is 2. The zero-order chi connectivity index (χ0) is 26.6. The van der Waals surface area contributed by atoms with Crippen molar-refractivity contribution in [2.24, 2.45) is 17.4 Å². The number of hydrogen-bond donors (Lipinski definition) is 8. The average Bonchev–Trinajstić information content (AvgIpc) is 2.74. The normalized spacial score (nSPS) is 16.1. The maximum Gasteiger partial charge on any atom is 0.328 e. The summed E-state index contributed by atoms with van der Waals surface area (Å²) in [5.41, 5.74) is 10.7. The fraction of sp³-hybridized carbons (Fsp3) is 0.700. The van der Waals surface area contributed by atoms with Crippen LogP contribution >= 0.6 is 0 Å². The van der Waals surface area contributed by atoms with Gasteiger partial charge in [-0.3, -0.25) is 24.0 Å². The zero-order valence-electron chi connectivity index (χ0n) is 19.4. The minimum absolute atomic E-state index is 0.0950. The number of carbonyl (C=O) groups is 6. The lowest BCUT2D eigenvalue weighted by atomic mass is 9.96. The van der Waals surface area contributed by atoms with Crippen LogP contribution in [0.2, 0.25) is 0 Å². The molecule has 34 heavy (non-hydrogen) atoms. The minimum Gasteiger partial charge on any atom is -0.481 e. The highest BCUT2D eigenvalue weighted by Crippen LogP contribution is 2.11. The first-order valence-electron chi connectivity index (χ1n) is 10.8. The van der Waals surface area contributed by atoms with Gasteiger partial charge >= 0.3 is 11.9 Å². The van der Waals surface area contributed by atoms with Crippen LogP contribution in [0.15, 0.2) is 0 Å². The third-order valence-corrected chi connectivity index (χ3v) is 5.16. The van der Waals surface area contributed by atoms with Crippen LogP contribution in [0.5, 0.6) is 0 Å². The first kappa shape index (κ1) is 30.7. The van der Waals surface area contributed by atoms with Crippen molar-refractivity contribution in [3.8, 4) is 0 Å². The molecule has 0 heterocycles. The van der Waals surface area contributed by atoms with E-state index in [2.05, 4.69) is 16.0 Å². The molecular formula is C20H35N5O9. The summed E-state index contributed by atoms with van der Waals surface area (Å²) in [4.78, 5) is 71.1. The van der Waals surface area contributed by atoms with E-state index in [1.807, 2.05) is 0 Å². The number of primary amides is 1. The molecule has 14 heteroatoms. The van der Waals surface area contributed by atoms with Gasteiger partial charge in [0.15, 0.2) is 6.04 Å². The highest BCUT2D eigenvalue weighted by atomic mass is 16.4. The number of rotatable bonds is 16. The fourth-order valence-electron chi connectivity index (χ4n) is 2.83. The fourth-order valence-corrected chi connectivity index (χ4v) is 2.83. The molecule has 0 saturated carbocycles. The van der Waals surface area contributed by atoms with Gasteiger partial charge in [-0.25, -0.2) is 4.79 Å². The second-order valence-corrected chi connectivity index (χ2v) is 8.04. The molecule has 0 aliphatic heterocycles. The van der Waals surface area contributed by atoms with Crippen molar-refractivity contribution < 1.29 is 44.1 Å². The molecule has 0 fully saturated rings. The lowest BCUT2D eigenvalue weighted by molar-refractivity contribution is -0.145.